The molecule has 2 fully saturated rings. The molecular formula is C24H28FN9O3. The Balaban J connectivity index is 1.38. The molecule has 37 heavy (non-hydrogen) atoms. The first-order valence-corrected chi connectivity index (χ1v) is 12.1. The van der Waals surface area contributed by atoms with Gasteiger partial charge in [-0.25, -0.2) is 14.4 Å². The Hall–Kier alpha value is -3.81. The van der Waals surface area contributed by atoms with Crippen LogP contribution in [0, 0.1) is 11.2 Å². The Morgan fingerprint density at radius 1 is 1.30 bits per heavy atom. The molecule has 194 valence electrons. The molecule has 0 amide bonds. The second-order valence-corrected chi connectivity index (χ2v) is 9.72. The van der Waals surface area contributed by atoms with E-state index in [9.17, 15) is 9.50 Å². The van der Waals surface area contributed by atoms with Gasteiger partial charge in [0.25, 0.3) is 0 Å². The Morgan fingerprint density at radius 3 is 2.76 bits per heavy atom. The van der Waals surface area contributed by atoms with E-state index in [1.807, 2.05) is 0 Å². The quantitative estimate of drug-likeness (QED) is 0.204. The number of aliphatic hydroxyl groups excluding tert-OH is 2. The van der Waals surface area contributed by atoms with E-state index in [-0.39, 0.29) is 42.4 Å². The molecule has 7 N–H and O–H groups in total. The number of rotatable bonds is 8. The van der Waals surface area contributed by atoms with Crippen molar-refractivity contribution in [1.82, 2.24) is 24.9 Å². The highest BCUT2D eigenvalue weighted by atomic mass is 19.1. The van der Waals surface area contributed by atoms with Crippen LogP contribution in [0.1, 0.15) is 12.8 Å². The maximum absolute atomic E-state index is 14.5. The number of benzene rings is 1. The maximum atomic E-state index is 14.5. The minimum absolute atomic E-state index is 0.0366. The zero-order valence-corrected chi connectivity index (χ0v) is 20.2. The van der Waals surface area contributed by atoms with Crippen molar-refractivity contribution in [2.24, 2.45) is 11.1 Å². The smallest absolute Gasteiger partial charge is 0.326 e. The van der Waals surface area contributed by atoms with Crippen molar-refractivity contribution in [3.8, 4) is 11.8 Å². The van der Waals surface area contributed by atoms with E-state index in [0.717, 1.165) is 24.9 Å². The van der Waals surface area contributed by atoms with E-state index >= 15 is 0 Å². The van der Waals surface area contributed by atoms with Gasteiger partial charge in [0.05, 0.1) is 41.7 Å². The summed E-state index contributed by atoms with van der Waals surface area (Å²) in [5.74, 6) is 0.858. The molecule has 1 aliphatic carbocycles. The Labute approximate surface area is 211 Å². The summed E-state index contributed by atoms with van der Waals surface area (Å²) in [6.45, 7) is 1.14. The van der Waals surface area contributed by atoms with Crippen LogP contribution in [0.3, 0.4) is 0 Å². The van der Waals surface area contributed by atoms with Crippen molar-refractivity contribution in [3.63, 3.8) is 0 Å². The lowest BCUT2D eigenvalue weighted by molar-refractivity contribution is 0.105. The molecule has 1 spiro atoms. The number of hydrogen-bond acceptors (Lipinski definition) is 11. The van der Waals surface area contributed by atoms with E-state index in [1.165, 1.54) is 24.5 Å². The first kappa shape index (κ1) is 23.6. The normalized spacial score (nSPS) is 19.1. The van der Waals surface area contributed by atoms with Crippen molar-refractivity contribution in [2.75, 3.05) is 48.8 Å². The molecule has 2 atom stereocenters. The summed E-state index contributed by atoms with van der Waals surface area (Å²) in [5, 5.41) is 25.7. The number of H-pyrrole nitrogens is 1. The summed E-state index contributed by atoms with van der Waals surface area (Å²) in [4.78, 5) is 23.1. The summed E-state index contributed by atoms with van der Waals surface area (Å²) in [7, 11) is 1.74. The third-order valence-electron chi connectivity index (χ3n) is 7.20. The number of halogens is 1. The third-order valence-corrected chi connectivity index (χ3v) is 7.20. The van der Waals surface area contributed by atoms with E-state index in [4.69, 9.17) is 20.6 Å². The number of aliphatic hydroxyl groups is 2. The SMILES string of the molecule is CNc1cc(F)cc2c1[nH]c1nc(Oc3cnc(NCC(O)CO)nc3)nc(N3C[C@H](N)C4(CC4)C3)c12. The summed E-state index contributed by atoms with van der Waals surface area (Å²) >= 11 is 0. The highest BCUT2D eigenvalue weighted by molar-refractivity contribution is 6.14. The summed E-state index contributed by atoms with van der Waals surface area (Å²) in [6, 6.07) is 3.04. The van der Waals surface area contributed by atoms with E-state index in [0.29, 0.717) is 40.2 Å². The molecule has 13 heteroatoms. The van der Waals surface area contributed by atoms with Gasteiger partial charge in [-0.2, -0.15) is 9.97 Å². The predicted octanol–water partition coefficient (Wildman–Crippen LogP) is 1.57. The van der Waals surface area contributed by atoms with Gasteiger partial charge in [-0.15, -0.1) is 0 Å². The fourth-order valence-electron chi connectivity index (χ4n) is 4.98. The minimum atomic E-state index is -0.917. The van der Waals surface area contributed by atoms with E-state index < -0.39 is 6.10 Å². The second-order valence-electron chi connectivity index (χ2n) is 9.72. The number of anilines is 3. The van der Waals surface area contributed by atoms with Gasteiger partial charge in [0, 0.05) is 43.5 Å². The molecule has 1 aromatic carbocycles. The first-order valence-electron chi connectivity index (χ1n) is 12.1. The molecule has 4 heterocycles. The standard InChI is InChI=1S/C24H28FN9O3/c1-27-16-5-12(25)4-15-18-20(31-19(15)16)32-23(33-21(18)34-9-17(26)24(11-34)2-3-24)37-14-7-29-22(30-8-14)28-6-13(36)10-35/h4-5,7-8,13,17,27,35-36H,2-3,6,9-11,26H2,1H3,(H,28,29,30)(H,31,32,33)/t13?,17-/m0/s1. The minimum Gasteiger partial charge on any atom is -0.421 e. The van der Waals surface area contributed by atoms with Gasteiger partial charge in [0.1, 0.15) is 17.3 Å². The number of aromatic amines is 1. The molecular weight excluding hydrogens is 481 g/mol. The third kappa shape index (κ3) is 4.24. The van der Waals surface area contributed by atoms with Crippen LogP contribution in [0.25, 0.3) is 21.9 Å². The number of nitrogens with one attached hydrogen (secondary N) is 3. The van der Waals surface area contributed by atoms with Gasteiger partial charge in [-0.05, 0) is 25.0 Å². The number of fused-ring (bicyclic) bond motifs is 3. The average Bonchev–Trinajstić information content (AvgIpc) is 3.49. The van der Waals surface area contributed by atoms with Crippen LogP contribution in [0.5, 0.6) is 11.8 Å². The van der Waals surface area contributed by atoms with Crippen molar-refractivity contribution in [2.45, 2.75) is 25.0 Å². The molecule has 3 aromatic heterocycles. The number of ether oxygens (including phenoxy) is 1. The van der Waals surface area contributed by atoms with E-state index in [1.54, 1.807) is 7.05 Å². The largest absolute Gasteiger partial charge is 0.421 e. The van der Waals surface area contributed by atoms with Crippen molar-refractivity contribution in [1.29, 1.82) is 0 Å². The number of aromatic nitrogens is 5. The second kappa shape index (κ2) is 8.94. The Morgan fingerprint density at radius 2 is 2.08 bits per heavy atom. The molecule has 1 saturated carbocycles. The number of hydrogen-bond donors (Lipinski definition) is 6. The Bertz CT molecular complexity index is 1460. The van der Waals surface area contributed by atoms with E-state index in [2.05, 4.69) is 35.5 Å². The molecule has 4 aromatic rings. The van der Waals surface area contributed by atoms with Crippen LogP contribution >= 0.6 is 0 Å². The molecule has 0 bridgehead atoms. The lowest BCUT2D eigenvalue weighted by Gasteiger charge is -2.19. The maximum Gasteiger partial charge on any atom is 0.326 e. The van der Waals surface area contributed by atoms with Crippen molar-refractivity contribution in [3.05, 3.63) is 30.3 Å². The topological polar surface area (TPSA) is 170 Å². The first-order chi connectivity index (χ1) is 17.9. The lowest BCUT2D eigenvalue weighted by Crippen LogP contribution is -2.30. The summed E-state index contributed by atoms with van der Waals surface area (Å²) < 4.78 is 20.4. The number of nitrogens with two attached hydrogens (primary N) is 1. The van der Waals surface area contributed by atoms with Gasteiger partial charge >= 0.3 is 6.01 Å². The Kier molecular flexibility index (Phi) is 5.70. The van der Waals surface area contributed by atoms with Gasteiger partial charge in [0.2, 0.25) is 5.95 Å². The lowest BCUT2D eigenvalue weighted by atomic mass is 10.0. The van der Waals surface area contributed by atoms with Gasteiger partial charge < -0.3 is 41.2 Å². The summed E-state index contributed by atoms with van der Waals surface area (Å²) in [6.07, 6.45) is 4.17. The fraction of sp³-hybridized carbons (Fsp3) is 0.417. The predicted molar refractivity (Wildman–Crippen MR) is 136 cm³/mol. The van der Waals surface area contributed by atoms with Crippen LogP contribution < -0.4 is 26.0 Å². The summed E-state index contributed by atoms with van der Waals surface area (Å²) in [5.41, 5.74) is 8.44. The average molecular weight is 510 g/mol. The van der Waals surface area contributed by atoms with Gasteiger partial charge in [-0.3, -0.25) is 0 Å². The monoisotopic (exact) mass is 509 g/mol. The fourth-order valence-corrected chi connectivity index (χ4v) is 4.98. The molecule has 0 radical (unpaired) electrons. The molecule has 1 aliphatic heterocycles. The highest BCUT2D eigenvalue weighted by Crippen LogP contribution is 2.53. The molecule has 6 rings (SSSR count). The molecule has 2 aliphatic rings. The zero-order valence-electron chi connectivity index (χ0n) is 20.2. The van der Waals surface area contributed by atoms with Crippen LogP contribution in [-0.2, 0) is 0 Å². The molecule has 1 saturated heterocycles. The van der Waals surface area contributed by atoms with Gasteiger partial charge in [0.15, 0.2) is 5.75 Å². The van der Waals surface area contributed by atoms with Gasteiger partial charge in [-0.1, -0.05) is 0 Å². The van der Waals surface area contributed by atoms with Crippen LogP contribution in [-0.4, -0.2) is 80.6 Å². The van der Waals surface area contributed by atoms with Crippen LogP contribution in [0.4, 0.5) is 21.8 Å². The van der Waals surface area contributed by atoms with Crippen molar-refractivity contribution < 1.29 is 19.3 Å². The molecule has 12 nitrogen and oxygen atoms in total. The molecule has 1 unspecified atom stereocenters. The number of nitrogens with zero attached hydrogens (tertiary/aromatic N) is 5. The highest BCUT2D eigenvalue weighted by Gasteiger charge is 2.54. The zero-order chi connectivity index (χ0) is 25.7. The van der Waals surface area contributed by atoms with Crippen LogP contribution in [0.2, 0.25) is 0 Å². The van der Waals surface area contributed by atoms with Crippen molar-refractivity contribution >= 4 is 39.4 Å². The van der Waals surface area contributed by atoms with Crippen LogP contribution in [0.15, 0.2) is 24.5 Å².